The summed E-state index contributed by atoms with van der Waals surface area (Å²) in [7, 11) is 1.28. The molecule has 9 nitrogen and oxygen atoms in total. The van der Waals surface area contributed by atoms with Gasteiger partial charge in [-0.1, -0.05) is 6.07 Å². The van der Waals surface area contributed by atoms with Gasteiger partial charge in [0.15, 0.2) is 24.7 Å². The number of allylic oxidation sites excluding steroid dienone is 1. The van der Waals surface area contributed by atoms with Gasteiger partial charge in [-0.3, -0.25) is 9.59 Å². The largest absolute Gasteiger partial charge is 0.493 e. The second-order valence-corrected chi connectivity index (χ2v) is 6.95. The van der Waals surface area contributed by atoms with Gasteiger partial charge < -0.3 is 25.3 Å². The number of ketones is 1. The number of nitrogens with zero attached hydrogens (tertiary/aromatic N) is 1. The lowest BCUT2D eigenvalue weighted by molar-refractivity contribution is -0.137. The molecule has 2 aromatic carbocycles. The van der Waals surface area contributed by atoms with Crippen molar-refractivity contribution in [2.75, 3.05) is 25.6 Å². The molecule has 35 heavy (non-hydrogen) atoms. The van der Waals surface area contributed by atoms with E-state index < -0.39 is 42.6 Å². The summed E-state index contributed by atoms with van der Waals surface area (Å²) in [6, 6.07) is 9.57. The third-order valence-electron chi connectivity index (χ3n) is 4.35. The fourth-order valence-corrected chi connectivity index (χ4v) is 2.68. The summed E-state index contributed by atoms with van der Waals surface area (Å²) in [6.07, 6.45) is -4.56. The molecule has 0 bridgehead atoms. The Labute approximate surface area is 197 Å². The fraction of sp³-hybridized carbons (Fsp3) is 0.217. The minimum atomic E-state index is -4.56. The monoisotopic (exact) mass is 491 g/mol. The predicted molar refractivity (Wildman–Crippen MR) is 116 cm³/mol. The van der Waals surface area contributed by atoms with Crippen LogP contribution in [0.3, 0.4) is 0 Å². The molecule has 12 heteroatoms. The summed E-state index contributed by atoms with van der Waals surface area (Å²) >= 11 is 0. The first kappa shape index (κ1) is 26.7. The molecule has 0 spiro atoms. The smallest absolute Gasteiger partial charge is 0.416 e. The zero-order valence-electron chi connectivity index (χ0n) is 18.6. The summed E-state index contributed by atoms with van der Waals surface area (Å²) in [5.41, 5.74) is 4.11. The van der Waals surface area contributed by atoms with E-state index in [0.29, 0.717) is 0 Å². The maximum absolute atomic E-state index is 12.8. The topological polar surface area (TPSA) is 141 Å². The molecule has 3 N–H and O–H groups in total. The maximum Gasteiger partial charge on any atom is 0.416 e. The number of ether oxygens (including phenoxy) is 3. The summed E-state index contributed by atoms with van der Waals surface area (Å²) in [5, 5.41) is 11.2. The van der Waals surface area contributed by atoms with Crippen molar-refractivity contribution in [2.45, 2.75) is 13.1 Å². The van der Waals surface area contributed by atoms with E-state index in [4.69, 9.17) is 25.2 Å². The first-order chi connectivity index (χ1) is 16.5. The second kappa shape index (κ2) is 11.6. The van der Waals surface area contributed by atoms with Crippen LogP contribution < -0.4 is 20.5 Å². The van der Waals surface area contributed by atoms with E-state index in [0.717, 1.165) is 18.2 Å². The first-order valence-corrected chi connectivity index (χ1v) is 9.81. The highest BCUT2D eigenvalue weighted by Gasteiger charge is 2.30. The quantitative estimate of drug-likeness (QED) is 0.310. The van der Waals surface area contributed by atoms with Crippen LogP contribution in [0.2, 0.25) is 0 Å². The number of benzene rings is 2. The minimum absolute atomic E-state index is 0.00573. The Morgan fingerprint density at radius 1 is 1.09 bits per heavy atom. The molecule has 0 saturated heterocycles. The van der Waals surface area contributed by atoms with Crippen LogP contribution in [0, 0.1) is 11.3 Å². The standard InChI is InChI=1S/C23H20F3N3O6/c1-13(28)17(10-27)18(30)11-35-22(32)14-6-7-19(20(8-14)33-2)34-12-21(31)29-16-5-3-4-15(9-16)23(24,25)26/h3-9H,11-12,28H2,1-2H3,(H,29,31)/b17-13+. The molecule has 0 aliphatic carbocycles. The number of carbonyl (C=O) groups is 3. The number of esters is 1. The number of hydrogen-bond acceptors (Lipinski definition) is 8. The number of nitrogens with two attached hydrogens (primary N) is 1. The molecule has 0 saturated carbocycles. The maximum atomic E-state index is 12.8. The van der Waals surface area contributed by atoms with Gasteiger partial charge in [-0.05, 0) is 43.3 Å². The molecule has 0 fully saturated rings. The molecule has 0 aliphatic rings. The van der Waals surface area contributed by atoms with E-state index in [2.05, 4.69) is 5.32 Å². The van der Waals surface area contributed by atoms with E-state index in [1.165, 1.54) is 38.3 Å². The summed E-state index contributed by atoms with van der Waals surface area (Å²) in [5.74, 6) is -2.28. The number of nitriles is 1. The van der Waals surface area contributed by atoms with E-state index in [9.17, 15) is 27.6 Å². The number of hydrogen-bond donors (Lipinski definition) is 2. The third-order valence-corrected chi connectivity index (χ3v) is 4.35. The van der Waals surface area contributed by atoms with Crippen LogP contribution in [-0.4, -0.2) is 38.0 Å². The van der Waals surface area contributed by atoms with Crippen LogP contribution in [0.1, 0.15) is 22.8 Å². The number of methoxy groups -OCH3 is 1. The van der Waals surface area contributed by atoms with Crippen molar-refractivity contribution in [3.05, 3.63) is 64.9 Å². The van der Waals surface area contributed by atoms with E-state index in [-0.39, 0.29) is 34.0 Å². The first-order valence-electron chi connectivity index (χ1n) is 9.81. The van der Waals surface area contributed by atoms with E-state index >= 15 is 0 Å². The molecule has 184 valence electrons. The van der Waals surface area contributed by atoms with Gasteiger partial charge >= 0.3 is 12.1 Å². The Morgan fingerprint density at radius 3 is 2.40 bits per heavy atom. The number of halogens is 3. The number of nitrogens with one attached hydrogen (secondary N) is 1. The van der Waals surface area contributed by atoms with Crippen LogP contribution in [0.25, 0.3) is 0 Å². The lowest BCUT2D eigenvalue weighted by Gasteiger charge is -2.13. The number of alkyl halides is 3. The Hall–Kier alpha value is -4.53. The molecular weight excluding hydrogens is 471 g/mol. The molecule has 2 aromatic rings. The number of carbonyl (C=O) groups excluding carboxylic acids is 3. The molecule has 0 heterocycles. The molecule has 0 unspecified atom stereocenters. The molecular formula is C23H20F3N3O6. The number of anilines is 1. The predicted octanol–water partition coefficient (Wildman–Crippen LogP) is 3.21. The average Bonchev–Trinajstić information content (AvgIpc) is 2.80. The molecule has 0 atom stereocenters. The SMILES string of the molecule is COc1cc(C(=O)OCC(=O)/C(C#N)=C(\C)N)ccc1OCC(=O)Nc1cccc(C(F)(F)F)c1. The van der Waals surface area contributed by atoms with Crippen molar-refractivity contribution >= 4 is 23.3 Å². The second-order valence-electron chi connectivity index (χ2n) is 6.95. The van der Waals surface area contributed by atoms with Crippen LogP contribution in [0.5, 0.6) is 11.5 Å². The molecule has 1 amide bonds. The van der Waals surface area contributed by atoms with Crippen molar-refractivity contribution < 1.29 is 41.8 Å². The Kier molecular flexibility index (Phi) is 8.82. The van der Waals surface area contributed by atoms with Crippen molar-refractivity contribution in [3.63, 3.8) is 0 Å². The Bertz CT molecular complexity index is 1200. The number of Topliss-reactive ketones (excluding diaryl/α,β-unsaturated/α-hetero) is 1. The van der Waals surface area contributed by atoms with Crippen LogP contribution in [0.4, 0.5) is 18.9 Å². The van der Waals surface area contributed by atoms with E-state index in [1.54, 1.807) is 6.07 Å². The van der Waals surface area contributed by atoms with Crippen molar-refractivity contribution in [1.29, 1.82) is 5.26 Å². The lowest BCUT2D eigenvalue weighted by atomic mass is 10.1. The Balaban J connectivity index is 2.00. The highest BCUT2D eigenvalue weighted by atomic mass is 19.4. The highest BCUT2D eigenvalue weighted by molar-refractivity contribution is 6.02. The molecule has 0 aliphatic heterocycles. The average molecular weight is 491 g/mol. The highest BCUT2D eigenvalue weighted by Crippen LogP contribution is 2.31. The molecule has 2 rings (SSSR count). The molecule has 0 aromatic heterocycles. The normalized spacial score (nSPS) is 11.5. The van der Waals surface area contributed by atoms with Gasteiger partial charge in [0.05, 0.1) is 18.2 Å². The van der Waals surface area contributed by atoms with Crippen LogP contribution in [-0.2, 0) is 20.5 Å². The fourth-order valence-electron chi connectivity index (χ4n) is 2.68. The summed E-state index contributed by atoms with van der Waals surface area (Å²) < 4.78 is 53.8. The van der Waals surface area contributed by atoms with Gasteiger partial charge in [-0.2, -0.15) is 18.4 Å². The van der Waals surface area contributed by atoms with Gasteiger partial charge in [-0.25, -0.2) is 4.79 Å². The third kappa shape index (κ3) is 7.50. The summed E-state index contributed by atoms with van der Waals surface area (Å²) in [6.45, 7) is 0.0981. The van der Waals surface area contributed by atoms with Crippen LogP contribution in [0.15, 0.2) is 53.7 Å². The zero-order valence-corrected chi connectivity index (χ0v) is 18.6. The van der Waals surface area contributed by atoms with Gasteiger partial charge in [0.2, 0.25) is 5.78 Å². The van der Waals surface area contributed by atoms with Gasteiger partial charge in [0.1, 0.15) is 11.6 Å². The summed E-state index contributed by atoms with van der Waals surface area (Å²) in [4.78, 5) is 36.2. The molecule has 0 radical (unpaired) electrons. The van der Waals surface area contributed by atoms with Gasteiger partial charge in [0, 0.05) is 11.4 Å². The van der Waals surface area contributed by atoms with Gasteiger partial charge in [0.25, 0.3) is 5.91 Å². The Morgan fingerprint density at radius 2 is 1.80 bits per heavy atom. The van der Waals surface area contributed by atoms with Crippen molar-refractivity contribution in [3.8, 4) is 17.6 Å². The van der Waals surface area contributed by atoms with E-state index in [1.807, 2.05) is 0 Å². The van der Waals surface area contributed by atoms with Gasteiger partial charge in [-0.15, -0.1) is 0 Å². The zero-order chi connectivity index (χ0) is 26.2. The number of amides is 1. The lowest BCUT2D eigenvalue weighted by Crippen LogP contribution is -2.21. The van der Waals surface area contributed by atoms with Crippen molar-refractivity contribution in [1.82, 2.24) is 0 Å². The number of rotatable bonds is 9. The minimum Gasteiger partial charge on any atom is -0.493 e. The van der Waals surface area contributed by atoms with Crippen molar-refractivity contribution in [2.24, 2.45) is 5.73 Å². The van der Waals surface area contributed by atoms with Crippen LogP contribution >= 0.6 is 0 Å².